The Bertz CT molecular complexity index is 957. The monoisotopic (exact) mass is 571 g/mol. The summed E-state index contributed by atoms with van der Waals surface area (Å²) >= 11 is 0. The van der Waals surface area contributed by atoms with Gasteiger partial charge in [-0.05, 0) is 75.2 Å². The van der Waals surface area contributed by atoms with Crippen LogP contribution >= 0.6 is 0 Å². The molecule has 1 fully saturated rings. The summed E-state index contributed by atoms with van der Waals surface area (Å²) in [6.45, 7) is 14.8. The number of hydrogen-bond acceptors (Lipinski definition) is 11. The van der Waals surface area contributed by atoms with E-state index in [2.05, 4.69) is 20.9 Å². The number of carbonyl (C=O) groups excluding carboxylic acids is 6. The Kier molecular flexibility index (Phi) is 11.9. The molecule has 1 atom stereocenters. The third-order valence-electron chi connectivity index (χ3n) is 4.32. The number of hydrogen-bond donors (Lipinski definition) is 3. The first kappa shape index (κ1) is 34.1. The van der Waals surface area contributed by atoms with E-state index in [4.69, 9.17) is 19.0 Å². The maximum atomic E-state index is 12.8. The molecule has 0 spiro atoms. The van der Waals surface area contributed by atoms with E-state index >= 15 is 0 Å². The number of carbonyl (C=O) groups is 6. The Labute approximate surface area is 233 Å². The van der Waals surface area contributed by atoms with Gasteiger partial charge in [0.25, 0.3) is 11.8 Å². The Morgan fingerprint density at radius 1 is 0.775 bits per heavy atom. The largest absolute Gasteiger partial charge is 0.444 e. The second kappa shape index (κ2) is 13.9. The summed E-state index contributed by atoms with van der Waals surface area (Å²) in [5.41, 5.74) is -2.50. The third kappa shape index (κ3) is 14.3. The number of alkyl carbamates (subject to hydrolysis) is 3. The standard InChI is InChI=1S/C25H41N5O10/c1-23(2,3)37-20(34)27-15(18(33)40-30-16(31)12-13-17(30)32)11-10-14-26-19(28-21(35)38-24(4,5)6)29-22(36)39-25(7,8)9/h15H,10-14H2,1-9H3,(H,27,34)(H2,26,28,29,35,36)/t15-/m0/s1. The Balaban J connectivity index is 2.97. The number of guanidine groups is 1. The summed E-state index contributed by atoms with van der Waals surface area (Å²) in [5.74, 6) is -2.68. The molecule has 1 aliphatic rings. The highest BCUT2D eigenvalue weighted by atomic mass is 16.7. The normalized spacial score (nSPS) is 14.6. The molecule has 0 aromatic heterocycles. The molecule has 1 rings (SSSR count). The Morgan fingerprint density at radius 2 is 1.20 bits per heavy atom. The fourth-order valence-corrected chi connectivity index (χ4v) is 2.91. The van der Waals surface area contributed by atoms with Gasteiger partial charge >= 0.3 is 24.2 Å². The van der Waals surface area contributed by atoms with Crippen LogP contribution in [0.2, 0.25) is 0 Å². The highest BCUT2D eigenvalue weighted by Gasteiger charge is 2.35. The van der Waals surface area contributed by atoms with Gasteiger partial charge in [0.15, 0.2) is 0 Å². The van der Waals surface area contributed by atoms with Gasteiger partial charge in [-0.1, -0.05) is 0 Å². The van der Waals surface area contributed by atoms with Crippen molar-refractivity contribution in [3.05, 3.63) is 0 Å². The SMILES string of the molecule is CC(C)(C)OC(=O)NC(=NCCC[C@H](NC(=O)OC(C)(C)C)C(=O)ON1C(=O)CCC1=O)NC(=O)OC(C)(C)C. The molecule has 0 aromatic rings. The van der Waals surface area contributed by atoms with Gasteiger partial charge in [0.1, 0.15) is 22.8 Å². The van der Waals surface area contributed by atoms with E-state index in [1.807, 2.05) is 0 Å². The summed E-state index contributed by atoms with van der Waals surface area (Å²) < 4.78 is 15.6. The second-order valence-electron chi connectivity index (χ2n) is 11.8. The molecule has 1 saturated heterocycles. The van der Waals surface area contributed by atoms with Crippen molar-refractivity contribution in [2.45, 2.75) is 111 Å². The minimum absolute atomic E-state index is 0.0533. The second-order valence-corrected chi connectivity index (χ2v) is 11.8. The van der Waals surface area contributed by atoms with Crippen LogP contribution in [0.1, 0.15) is 88.0 Å². The summed E-state index contributed by atoms with van der Waals surface area (Å²) in [5, 5.41) is 7.40. The van der Waals surface area contributed by atoms with Gasteiger partial charge in [-0.2, -0.15) is 0 Å². The Morgan fingerprint density at radius 3 is 1.62 bits per heavy atom. The zero-order valence-electron chi connectivity index (χ0n) is 24.6. The summed E-state index contributed by atoms with van der Waals surface area (Å²) in [4.78, 5) is 82.3. The van der Waals surface area contributed by atoms with E-state index in [1.165, 1.54) is 0 Å². The van der Waals surface area contributed by atoms with E-state index < -0.39 is 58.9 Å². The smallest absolute Gasteiger partial charge is 0.414 e. The molecule has 5 amide bonds. The average molecular weight is 572 g/mol. The molecule has 0 bridgehead atoms. The molecule has 0 saturated carbocycles. The fraction of sp³-hybridized carbons (Fsp3) is 0.720. The van der Waals surface area contributed by atoms with Gasteiger partial charge in [0, 0.05) is 19.4 Å². The number of aliphatic imine (C=N–C) groups is 1. The van der Waals surface area contributed by atoms with Crippen LogP contribution in [0, 0.1) is 0 Å². The molecule has 0 aromatic carbocycles. The van der Waals surface area contributed by atoms with Gasteiger partial charge in [-0.15, -0.1) is 5.06 Å². The lowest BCUT2D eigenvalue weighted by Crippen LogP contribution is -2.47. The molecular weight excluding hydrogens is 530 g/mol. The topological polar surface area (TPSA) is 191 Å². The maximum Gasteiger partial charge on any atom is 0.414 e. The lowest BCUT2D eigenvalue weighted by atomic mass is 10.1. The summed E-state index contributed by atoms with van der Waals surface area (Å²) in [6, 6.07) is -1.31. The zero-order valence-corrected chi connectivity index (χ0v) is 24.6. The predicted molar refractivity (Wildman–Crippen MR) is 141 cm³/mol. The molecule has 0 radical (unpaired) electrons. The maximum absolute atomic E-state index is 12.8. The molecule has 3 N–H and O–H groups in total. The minimum atomic E-state index is -1.31. The van der Waals surface area contributed by atoms with E-state index in [-0.39, 0.29) is 38.2 Å². The van der Waals surface area contributed by atoms with Crippen molar-refractivity contribution in [2.75, 3.05) is 6.54 Å². The fourth-order valence-electron chi connectivity index (χ4n) is 2.91. The first-order valence-electron chi connectivity index (χ1n) is 12.8. The van der Waals surface area contributed by atoms with Crippen LogP contribution in [0.15, 0.2) is 4.99 Å². The van der Waals surface area contributed by atoms with Crippen molar-refractivity contribution in [1.82, 2.24) is 21.0 Å². The first-order chi connectivity index (χ1) is 18.1. The van der Waals surface area contributed by atoms with E-state index in [1.54, 1.807) is 62.3 Å². The van der Waals surface area contributed by atoms with Gasteiger partial charge < -0.3 is 24.4 Å². The lowest BCUT2D eigenvalue weighted by molar-refractivity contribution is -0.199. The summed E-state index contributed by atoms with van der Waals surface area (Å²) in [6.07, 6.45) is -2.82. The molecule has 226 valence electrons. The van der Waals surface area contributed by atoms with Crippen LogP contribution in [0.5, 0.6) is 0 Å². The van der Waals surface area contributed by atoms with E-state index in [9.17, 15) is 28.8 Å². The Hall–Kier alpha value is -3.91. The van der Waals surface area contributed by atoms with Crippen molar-refractivity contribution >= 4 is 42.0 Å². The number of nitrogens with one attached hydrogen (secondary N) is 3. The molecule has 0 aliphatic carbocycles. The van der Waals surface area contributed by atoms with Crippen molar-refractivity contribution in [3.8, 4) is 0 Å². The van der Waals surface area contributed by atoms with Crippen LogP contribution < -0.4 is 16.0 Å². The average Bonchev–Trinajstić information content (AvgIpc) is 3.03. The molecule has 15 nitrogen and oxygen atoms in total. The van der Waals surface area contributed by atoms with Crippen LogP contribution in [-0.2, 0) is 33.4 Å². The molecule has 40 heavy (non-hydrogen) atoms. The van der Waals surface area contributed by atoms with Crippen molar-refractivity contribution in [2.24, 2.45) is 4.99 Å². The first-order valence-corrected chi connectivity index (χ1v) is 12.8. The molecular formula is C25H41N5O10. The number of amides is 5. The quantitative estimate of drug-likeness (QED) is 0.135. The summed E-state index contributed by atoms with van der Waals surface area (Å²) in [7, 11) is 0. The van der Waals surface area contributed by atoms with Gasteiger partial charge in [0.2, 0.25) is 5.96 Å². The van der Waals surface area contributed by atoms with Crippen molar-refractivity contribution < 1.29 is 47.8 Å². The van der Waals surface area contributed by atoms with Crippen LogP contribution in [0.25, 0.3) is 0 Å². The molecule has 15 heteroatoms. The molecule has 1 aliphatic heterocycles. The molecule has 1 heterocycles. The number of nitrogens with zero attached hydrogens (tertiary/aromatic N) is 2. The third-order valence-corrected chi connectivity index (χ3v) is 4.32. The lowest BCUT2D eigenvalue weighted by Gasteiger charge is -2.23. The number of hydroxylamine groups is 2. The van der Waals surface area contributed by atoms with Crippen molar-refractivity contribution in [3.63, 3.8) is 0 Å². The number of ether oxygens (including phenoxy) is 3. The van der Waals surface area contributed by atoms with Gasteiger partial charge in [0.05, 0.1) is 0 Å². The number of imide groups is 1. The zero-order chi connectivity index (χ0) is 30.9. The highest BCUT2D eigenvalue weighted by Crippen LogP contribution is 2.15. The van der Waals surface area contributed by atoms with E-state index in [0.29, 0.717) is 5.06 Å². The van der Waals surface area contributed by atoms with Crippen LogP contribution in [-0.4, -0.2) is 76.5 Å². The van der Waals surface area contributed by atoms with E-state index in [0.717, 1.165) is 0 Å². The minimum Gasteiger partial charge on any atom is -0.444 e. The van der Waals surface area contributed by atoms with Crippen LogP contribution in [0.4, 0.5) is 14.4 Å². The molecule has 0 unspecified atom stereocenters. The number of rotatable bonds is 7. The van der Waals surface area contributed by atoms with Crippen LogP contribution in [0.3, 0.4) is 0 Å². The van der Waals surface area contributed by atoms with Gasteiger partial charge in [-0.3, -0.25) is 25.2 Å². The highest BCUT2D eigenvalue weighted by molar-refractivity contribution is 6.02. The van der Waals surface area contributed by atoms with Gasteiger partial charge in [-0.25, -0.2) is 19.2 Å². The predicted octanol–water partition coefficient (Wildman–Crippen LogP) is 2.67. The van der Waals surface area contributed by atoms with Crippen molar-refractivity contribution in [1.29, 1.82) is 0 Å².